The fourth-order valence-corrected chi connectivity index (χ4v) is 1.98. The van der Waals surface area contributed by atoms with Crippen molar-refractivity contribution in [2.75, 3.05) is 6.61 Å². The maximum absolute atomic E-state index is 11.9. The fourth-order valence-electron chi connectivity index (χ4n) is 1.47. The van der Waals surface area contributed by atoms with Crippen molar-refractivity contribution in [1.29, 1.82) is 0 Å². The maximum Gasteiger partial charge on any atom is 0.306 e. The molecule has 0 aliphatic rings. The predicted molar refractivity (Wildman–Crippen MR) is 75.9 cm³/mol. The molecule has 0 unspecified atom stereocenters. The molecule has 19 heavy (non-hydrogen) atoms. The number of ketones is 1. The zero-order valence-corrected chi connectivity index (χ0v) is 12.3. The second kappa shape index (κ2) is 8.18. The topological polar surface area (TPSA) is 43.4 Å². The number of hydrogen-bond acceptors (Lipinski definition) is 3. The summed E-state index contributed by atoms with van der Waals surface area (Å²) in [5, 5.41) is 0.775. The van der Waals surface area contributed by atoms with Crippen molar-refractivity contribution < 1.29 is 14.3 Å². The van der Waals surface area contributed by atoms with Gasteiger partial charge in [0.15, 0.2) is 5.78 Å². The van der Waals surface area contributed by atoms with Gasteiger partial charge >= 0.3 is 5.97 Å². The van der Waals surface area contributed by atoms with E-state index in [4.69, 9.17) is 27.9 Å². The molecule has 0 fully saturated rings. The van der Waals surface area contributed by atoms with Crippen LogP contribution >= 0.6 is 23.2 Å². The van der Waals surface area contributed by atoms with Gasteiger partial charge in [-0.3, -0.25) is 9.59 Å². The number of esters is 1. The third-order valence-corrected chi connectivity index (χ3v) is 3.10. The summed E-state index contributed by atoms with van der Waals surface area (Å²) in [5.41, 5.74) is 0.382. The number of carbonyl (C=O) groups is 2. The highest BCUT2D eigenvalue weighted by atomic mass is 35.5. The van der Waals surface area contributed by atoms with E-state index in [1.54, 1.807) is 12.1 Å². The number of halogens is 2. The molecule has 0 amide bonds. The van der Waals surface area contributed by atoms with Crippen molar-refractivity contribution >= 4 is 35.0 Å². The highest BCUT2D eigenvalue weighted by Gasteiger charge is 2.13. The monoisotopic (exact) mass is 302 g/mol. The molecule has 1 aromatic carbocycles. The molecule has 5 heteroatoms. The lowest BCUT2D eigenvalue weighted by molar-refractivity contribution is -0.143. The minimum atomic E-state index is -0.355. The first kappa shape index (κ1) is 16.0. The van der Waals surface area contributed by atoms with Crippen LogP contribution in [0.5, 0.6) is 0 Å². The molecule has 0 spiro atoms. The highest BCUT2D eigenvalue weighted by molar-refractivity contribution is 6.36. The van der Waals surface area contributed by atoms with E-state index < -0.39 is 0 Å². The summed E-state index contributed by atoms with van der Waals surface area (Å²) in [7, 11) is 0. The van der Waals surface area contributed by atoms with Crippen molar-refractivity contribution in [2.24, 2.45) is 0 Å². The van der Waals surface area contributed by atoms with Gasteiger partial charge in [-0.15, -0.1) is 0 Å². The van der Waals surface area contributed by atoms with E-state index in [1.165, 1.54) is 6.07 Å². The summed E-state index contributed by atoms with van der Waals surface area (Å²) in [6.07, 6.45) is 1.96. The van der Waals surface area contributed by atoms with Gasteiger partial charge in [0, 0.05) is 17.0 Å². The summed E-state index contributed by atoms with van der Waals surface area (Å²) in [4.78, 5) is 23.2. The lowest BCUT2D eigenvalue weighted by Gasteiger charge is -2.05. The molecule has 0 saturated carbocycles. The Morgan fingerprint density at radius 2 is 1.95 bits per heavy atom. The summed E-state index contributed by atoms with van der Waals surface area (Å²) in [6, 6.07) is 4.67. The van der Waals surface area contributed by atoms with Gasteiger partial charge in [0.05, 0.1) is 18.1 Å². The standard InChI is InChI=1S/C14H16Cl2O3/c1-2-3-8-19-14(18)7-6-13(17)11-5-4-10(15)9-12(11)16/h4-5,9H,2-3,6-8H2,1H3. The zero-order chi connectivity index (χ0) is 14.3. The first-order valence-corrected chi connectivity index (χ1v) is 6.94. The summed E-state index contributed by atoms with van der Waals surface area (Å²) in [6.45, 7) is 2.42. The largest absolute Gasteiger partial charge is 0.466 e. The molecule has 0 radical (unpaired) electrons. The van der Waals surface area contributed by atoms with Gasteiger partial charge in [-0.2, -0.15) is 0 Å². The van der Waals surface area contributed by atoms with Gasteiger partial charge in [0.1, 0.15) is 0 Å². The van der Waals surface area contributed by atoms with Crippen molar-refractivity contribution in [2.45, 2.75) is 32.6 Å². The number of hydrogen-bond donors (Lipinski definition) is 0. The van der Waals surface area contributed by atoms with Crippen LogP contribution in [0.4, 0.5) is 0 Å². The SMILES string of the molecule is CCCCOC(=O)CCC(=O)c1ccc(Cl)cc1Cl. The number of unbranched alkanes of at least 4 members (excludes halogenated alkanes) is 1. The second-order valence-corrected chi connectivity index (χ2v) is 4.97. The average molecular weight is 303 g/mol. The molecule has 0 atom stereocenters. The van der Waals surface area contributed by atoms with Crippen LogP contribution in [0.25, 0.3) is 0 Å². The summed E-state index contributed by atoms with van der Waals surface area (Å²) >= 11 is 11.7. The summed E-state index contributed by atoms with van der Waals surface area (Å²) in [5.74, 6) is -0.541. The van der Waals surface area contributed by atoms with E-state index in [9.17, 15) is 9.59 Å². The van der Waals surface area contributed by atoms with Crippen LogP contribution in [0.3, 0.4) is 0 Å². The molecule has 0 bridgehead atoms. The Labute approximate surface area is 122 Å². The Kier molecular flexibility index (Phi) is 6.89. The van der Waals surface area contributed by atoms with Crippen LogP contribution in [0.2, 0.25) is 10.0 Å². The van der Waals surface area contributed by atoms with E-state index in [1.807, 2.05) is 6.92 Å². The third-order valence-electron chi connectivity index (χ3n) is 2.55. The zero-order valence-electron chi connectivity index (χ0n) is 10.7. The van der Waals surface area contributed by atoms with Crippen LogP contribution in [-0.4, -0.2) is 18.4 Å². The van der Waals surface area contributed by atoms with Gasteiger partial charge in [0.25, 0.3) is 0 Å². The number of benzene rings is 1. The Bertz CT molecular complexity index is 458. The molecule has 3 nitrogen and oxygen atoms in total. The smallest absolute Gasteiger partial charge is 0.306 e. The molecular weight excluding hydrogens is 287 g/mol. The van der Waals surface area contributed by atoms with E-state index in [2.05, 4.69) is 0 Å². The minimum Gasteiger partial charge on any atom is -0.466 e. The Balaban J connectivity index is 2.45. The first-order chi connectivity index (χ1) is 9.04. The fraction of sp³-hybridized carbons (Fsp3) is 0.429. The van der Waals surface area contributed by atoms with Crippen molar-refractivity contribution in [3.05, 3.63) is 33.8 Å². The van der Waals surface area contributed by atoms with Crippen molar-refractivity contribution in [3.63, 3.8) is 0 Å². The maximum atomic E-state index is 11.9. The molecular formula is C14H16Cl2O3. The van der Waals surface area contributed by atoms with Crippen LogP contribution in [0.15, 0.2) is 18.2 Å². The Hall–Kier alpha value is -1.06. The highest BCUT2D eigenvalue weighted by Crippen LogP contribution is 2.22. The van der Waals surface area contributed by atoms with Gasteiger partial charge < -0.3 is 4.74 Å². The molecule has 1 rings (SSSR count). The molecule has 0 N–H and O–H groups in total. The molecule has 0 saturated heterocycles. The number of ether oxygens (including phenoxy) is 1. The van der Waals surface area contributed by atoms with E-state index in [0.29, 0.717) is 22.2 Å². The second-order valence-electron chi connectivity index (χ2n) is 4.12. The van der Waals surface area contributed by atoms with Gasteiger partial charge in [-0.25, -0.2) is 0 Å². The van der Waals surface area contributed by atoms with Crippen LogP contribution in [0.1, 0.15) is 43.0 Å². The first-order valence-electron chi connectivity index (χ1n) is 6.18. The molecule has 0 aliphatic heterocycles. The number of carbonyl (C=O) groups excluding carboxylic acids is 2. The molecule has 0 aliphatic carbocycles. The lowest BCUT2D eigenvalue weighted by Crippen LogP contribution is -2.09. The minimum absolute atomic E-state index is 0.0709. The summed E-state index contributed by atoms with van der Waals surface area (Å²) < 4.78 is 4.97. The van der Waals surface area contributed by atoms with Crippen molar-refractivity contribution in [1.82, 2.24) is 0 Å². The number of rotatable bonds is 7. The quantitative estimate of drug-likeness (QED) is 0.428. The van der Waals surface area contributed by atoms with E-state index >= 15 is 0 Å². The normalized spacial score (nSPS) is 10.3. The Morgan fingerprint density at radius 3 is 2.58 bits per heavy atom. The predicted octanol–water partition coefficient (Wildman–Crippen LogP) is 4.30. The lowest BCUT2D eigenvalue weighted by atomic mass is 10.1. The van der Waals surface area contributed by atoms with Crippen LogP contribution in [-0.2, 0) is 9.53 Å². The Morgan fingerprint density at radius 1 is 1.21 bits per heavy atom. The molecule has 0 aromatic heterocycles. The number of Topliss-reactive ketones (excluding diaryl/α,β-unsaturated/α-hetero) is 1. The van der Waals surface area contributed by atoms with E-state index in [0.717, 1.165) is 12.8 Å². The van der Waals surface area contributed by atoms with Gasteiger partial charge in [-0.1, -0.05) is 36.5 Å². The molecule has 104 valence electrons. The third kappa shape index (κ3) is 5.62. The average Bonchev–Trinajstić information content (AvgIpc) is 2.36. The van der Waals surface area contributed by atoms with Gasteiger partial charge in [0.2, 0.25) is 0 Å². The molecule has 0 heterocycles. The van der Waals surface area contributed by atoms with E-state index in [-0.39, 0.29) is 24.6 Å². The van der Waals surface area contributed by atoms with Crippen LogP contribution in [0, 0.1) is 0 Å². The van der Waals surface area contributed by atoms with Crippen molar-refractivity contribution in [3.8, 4) is 0 Å². The molecule has 1 aromatic rings. The van der Waals surface area contributed by atoms with Gasteiger partial charge in [-0.05, 0) is 24.6 Å². The van der Waals surface area contributed by atoms with Crippen LogP contribution < -0.4 is 0 Å².